The Hall–Kier alpha value is -2.56. The van der Waals surface area contributed by atoms with Gasteiger partial charge in [-0.3, -0.25) is 9.78 Å². The summed E-state index contributed by atoms with van der Waals surface area (Å²) in [7, 11) is 0. The quantitative estimate of drug-likeness (QED) is 0.812. The number of nitrogens with one attached hydrogen (secondary N) is 1. The minimum absolute atomic E-state index is 0.188. The van der Waals surface area contributed by atoms with Crippen molar-refractivity contribution in [2.45, 2.75) is 19.6 Å². The summed E-state index contributed by atoms with van der Waals surface area (Å²) in [6.45, 7) is 2.08. The van der Waals surface area contributed by atoms with Crippen molar-refractivity contribution in [1.29, 1.82) is 0 Å². The van der Waals surface area contributed by atoms with Gasteiger partial charge in [-0.2, -0.15) is 0 Å². The Labute approximate surface area is 117 Å². The Bertz CT molecular complexity index is 555. The summed E-state index contributed by atoms with van der Waals surface area (Å²) in [5.41, 5.74) is 7.05. The van der Waals surface area contributed by atoms with Crippen molar-refractivity contribution in [2.24, 2.45) is 0 Å². The van der Waals surface area contributed by atoms with Gasteiger partial charge in [-0.1, -0.05) is 6.07 Å². The van der Waals surface area contributed by atoms with Crippen molar-refractivity contribution in [3.05, 3.63) is 54.4 Å². The molecule has 5 heteroatoms. The van der Waals surface area contributed by atoms with Crippen LogP contribution in [0.1, 0.15) is 12.6 Å². The molecule has 0 spiro atoms. The molecule has 5 nitrogen and oxygen atoms in total. The zero-order valence-corrected chi connectivity index (χ0v) is 11.2. The number of rotatable bonds is 5. The number of pyridine rings is 1. The molecule has 1 aromatic heterocycles. The van der Waals surface area contributed by atoms with Crippen molar-refractivity contribution < 1.29 is 9.53 Å². The van der Waals surface area contributed by atoms with E-state index in [2.05, 4.69) is 10.3 Å². The van der Waals surface area contributed by atoms with Crippen LogP contribution in [-0.2, 0) is 11.3 Å². The van der Waals surface area contributed by atoms with E-state index in [9.17, 15) is 4.79 Å². The van der Waals surface area contributed by atoms with E-state index < -0.39 is 6.10 Å². The van der Waals surface area contributed by atoms with Crippen molar-refractivity contribution in [3.8, 4) is 5.75 Å². The topological polar surface area (TPSA) is 77.2 Å². The Morgan fingerprint density at radius 1 is 1.30 bits per heavy atom. The fourth-order valence-corrected chi connectivity index (χ4v) is 1.63. The molecule has 1 heterocycles. The van der Waals surface area contributed by atoms with Crippen LogP contribution in [0.25, 0.3) is 0 Å². The highest BCUT2D eigenvalue weighted by Crippen LogP contribution is 2.14. The predicted octanol–water partition coefficient (Wildman–Crippen LogP) is 1.75. The maximum Gasteiger partial charge on any atom is 0.261 e. The van der Waals surface area contributed by atoms with Gasteiger partial charge >= 0.3 is 0 Å². The molecule has 0 fully saturated rings. The van der Waals surface area contributed by atoms with Crippen molar-refractivity contribution in [2.75, 3.05) is 5.73 Å². The molecule has 1 amide bonds. The van der Waals surface area contributed by atoms with Crippen molar-refractivity contribution in [1.82, 2.24) is 10.3 Å². The fourth-order valence-electron chi connectivity index (χ4n) is 1.63. The first kappa shape index (κ1) is 13.9. The first-order chi connectivity index (χ1) is 9.65. The second-order valence-corrected chi connectivity index (χ2v) is 4.37. The van der Waals surface area contributed by atoms with E-state index in [0.717, 1.165) is 5.69 Å². The van der Waals surface area contributed by atoms with E-state index in [4.69, 9.17) is 10.5 Å². The lowest BCUT2D eigenvalue weighted by atomic mass is 10.3. The second kappa shape index (κ2) is 6.56. The Balaban J connectivity index is 1.84. The Morgan fingerprint density at radius 2 is 2.05 bits per heavy atom. The summed E-state index contributed by atoms with van der Waals surface area (Å²) in [6, 6.07) is 12.5. The minimum atomic E-state index is -0.581. The first-order valence-electron chi connectivity index (χ1n) is 6.35. The highest BCUT2D eigenvalue weighted by molar-refractivity contribution is 5.80. The number of nitrogens with zero attached hydrogens (tertiary/aromatic N) is 1. The summed E-state index contributed by atoms with van der Waals surface area (Å²) in [6.07, 6.45) is 1.11. The smallest absolute Gasteiger partial charge is 0.261 e. The standard InChI is InChI=1S/C15H17N3O2/c1-11(20-14-7-5-12(16)6-8-14)15(19)18-10-13-4-2-3-9-17-13/h2-9,11H,10,16H2,1H3,(H,18,19). The summed E-state index contributed by atoms with van der Waals surface area (Å²) in [4.78, 5) is 16.0. The maximum atomic E-state index is 11.9. The number of carbonyl (C=O) groups excluding carboxylic acids is 1. The van der Waals surface area contributed by atoms with Crippen LogP contribution in [0.4, 0.5) is 5.69 Å². The van der Waals surface area contributed by atoms with Gasteiger partial charge < -0.3 is 15.8 Å². The molecular weight excluding hydrogens is 254 g/mol. The van der Waals surface area contributed by atoms with Gasteiger partial charge in [0.2, 0.25) is 0 Å². The number of amides is 1. The lowest BCUT2D eigenvalue weighted by Crippen LogP contribution is -2.36. The summed E-state index contributed by atoms with van der Waals surface area (Å²) < 4.78 is 5.53. The van der Waals surface area contributed by atoms with Crippen LogP contribution in [0.5, 0.6) is 5.75 Å². The number of ether oxygens (including phenoxy) is 1. The molecule has 1 aromatic carbocycles. The number of hydrogen-bond donors (Lipinski definition) is 2. The highest BCUT2D eigenvalue weighted by atomic mass is 16.5. The van der Waals surface area contributed by atoms with Gasteiger partial charge in [-0.05, 0) is 43.3 Å². The third kappa shape index (κ3) is 3.98. The number of carbonyl (C=O) groups is 1. The molecule has 1 unspecified atom stereocenters. The van der Waals surface area contributed by atoms with Crippen LogP contribution in [0.15, 0.2) is 48.7 Å². The molecule has 20 heavy (non-hydrogen) atoms. The number of aromatic nitrogens is 1. The van der Waals surface area contributed by atoms with Gasteiger partial charge in [-0.15, -0.1) is 0 Å². The van der Waals surface area contributed by atoms with E-state index in [1.54, 1.807) is 37.4 Å². The SMILES string of the molecule is CC(Oc1ccc(N)cc1)C(=O)NCc1ccccn1. The second-order valence-electron chi connectivity index (χ2n) is 4.37. The number of hydrogen-bond acceptors (Lipinski definition) is 4. The van der Waals surface area contributed by atoms with Crippen LogP contribution < -0.4 is 15.8 Å². The van der Waals surface area contributed by atoms with Crippen molar-refractivity contribution >= 4 is 11.6 Å². The molecule has 0 aliphatic heterocycles. The summed E-state index contributed by atoms with van der Waals surface area (Å²) in [5, 5.41) is 2.78. The van der Waals surface area contributed by atoms with Gasteiger partial charge in [0.05, 0.1) is 12.2 Å². The third-order valence-electron chi connectivity index (χ3n) is 2.73. The highest BCUT2D eigenvalue weighted by Gasteiger charge is 2.14. The van der Waals surface area contributed by atoms with Gasteiger partial charge in [-0.25, -0.2) is 0 Å². The zero-order valence-electron chi connectivity index (χ0n) is 11.2. The van der Waals surface area contributed by atoms with E-state index in [1.165, 1.54) is 0 Å². The maximum absolute atomic E-state index is 11.9. The molecule has 0 saturated carbocycles. The molecule has 3 N–H and O–H groups in total. The molecule has 2 aromatic rings. The van der Waals surface area contributed by atoms with E-state index in [1.807, 2.05) is 18.2 Å². The van der Waals surface area contributed by atoms with Gasteiger partial charge in [0.15, 0.2) is 6.10 Å². The Morgan fingerprint density at radius 3 is 2.70 bits per heavy atom. The fraction of sp³-hybridized carbons (Fsp3) is 0.200. The average Bonchev–Trinajstić information content (AvgIpc) is 2.48. The average molecular weight is 271 g/mol. The van der Waals surface area contributed by atoms with Crippen molar-refractivity contribution in [3.63, 3.8) is 0 Å². The van der Waals surface area contributed by atoms with Crippen LogP contribution >= 0.6 is 0 Å². The van der Waals surface area contributed by atoms with Crippen LogP contribution in [0.3, 0.4) is 0 Å². The third-order valence-corrected chi connectivity index (χ3v) is 2.73. The first-order valence-corrected chi connectivity index (χ1v) is 6.35. The molecule has 104 valence electrons. The lowest BCUT2D eigenvalue weighted by Gasteiger charge is -2.14. The number of nitrogen functional groups attached to an aromatic ring is 1. The molecule has 0 saturated heterocycles. The van der Waals surface area contributed by atoms with Gasteiger partial charge in [0, 0.05) is 11.9 Å². The molecule has 0 aliphatic rings. The zero-order chi connectivity index (χ0) is 14.4. The van der Waals surface area contributed by atoms with E-state index in [0.29, 0.717) is 18.0 Å². The lowest BCUT2D eigenvalue weighted by molar-refractivity contribution is -0.127. The van der Waals surface area contributed by atoms with E-state index >= 15 is 0 Å². The summed E-state index contributed by atoms with van der Waals surface area (Å²) in [5.74, 6) is 0.423. The number of nitrogens with two attached hydrogens (primary N) is 1. The van der Waals surface area contributed by atoms with Crippen LogP contribution in [-0.4, -0.2) is 17.0 Å². The molecule has 1 atom stereocenters. The minimum Gasteiger partial charge on any atom is -0.481 e. The molecule has 0 bridgehead atoms. The monoisotopic (exact) mass is 271 g/mol. The molecule has 0 aliphatic carbocycles. The molecule has 2 rings (SSSR count). The molecular formula is C15H17N3O2. The Kier molecular flexibility index (Phi) is 4.55. The largest absolute Gasteiger partial charge is 0.481 e. The molecule has 0 radical (unpaired) electrons. The number of benzene rings is 1. The number of anilines is 1. The summed E-state index contributed by atoms with van der Waals surface area (Å²) >= 11 is 0. The predicted molar refractivity (Wildman–Crippen MR) is 77.0 cm³/mol. The van der Waals surface area contributed by atoms with Crippen LogP contribution in [0, 0.1) is 0 Å². The van der Waals surface area contributed by atoms with Gasteiger partial charge in [0.25, 0.3) is 5.91 Å². The van der Waals surface area contributed by atoms with E-state index in [-0.39, 0.29) is 5.91 Å². The van der Waals surface area contributed by atoms with Crippen LogP contribution in [0.2, 0.25) is 0 Å². The van der Waals surface area contributed by atoms with Gasteiger partial charge in [0.1, 0.15) is 5.75 Å². The normalized spacial score (nSPS) is 11.7.